The average Bonchev–Trinajstić information content (AvgIpc) is 3.97. The highest BCUT2D eigenvalue weighted by Gasteiger charge is 2.20. The van der Waals surface area contributed by atoms with E-state index in [2.05, 4.69) is 140 Å². The number of benzene rings is 7. The lowest BCUT2D eigenvalue weighted by Gasteiger charge is -2.09. The molecule has 0 atom stereocenters. The van der Waals surface area contributed by atoms with Gasteiger partial charge in [0.25, 0.3) is 0 Å². The van der Waals surface area contributed by atoms with E-state index in [-0.39, 0.29) is 0 Å². The number of fused-ring (bicyclic) bond motifs is 9. The largest absolute Gasteiger partial charge is 0.226 e. The van der Waals surface area contributed by atoms with Gasteiger partial charge in [0.1, 0.15) is 0 Å². The maximum Gasteiger partial charge on any atom is 0.164 e. The molecule has 0 bridgehead atoms. The fourth-order valence-electron chi connectivity index (χ4n) is 7.87. The predicted octanol–water partition coefficient (Wildman–Crippen LogP) is 14.1. The minimum absolute atomic E-state index is 0.638. The highest BCUT2D eigenvalue weighted by atomic mass is 32.1. The van der Waals surface area contributed by atoms with Crippen LogP contribution in [0.5, 0.6) is 0 Å². The molecule has 0 amide bonds. The van der Waals surface area contributed by atoms with Crippen molar-refractivity contribution in [2.75, 3.05) is 0 Å². The lowest BCUT2D eigenvalue weighted by molar-refractivity contribution is 1.08. The number of hydrogen-bond acceptors (Lipinski definition) is 8. The fraction of sp³-hybridized carbons (Fsp3) is 0. The second-order valence-electron chi connectivity index (χ2n) is 14.0. The quantitative estimate of drug-likeness (QED) is 0.174. The van der Waals surface area contributed by atoms with Crippen molar-refractivity contribution >= 4 is 94.7 Å². The number of rotatable bonds is 5. The van der Waals surface area contributed by atoms with Gasteiger partial charge < -0.3 is 0 Å². The molecule has 0 fully saturated rings. The zero-order valence-electron chi connectivity index (χ0n) is 30.0. The maximum absolute atomic E-state index is 5.33. The molecule has 5 heterocycles. The fourth-order valence-corrected chi connectivity index (χ4v) is 11.3. The lowest BCUT2D eigenvalue weighted by atomic mass is 10.0. The molecule has 266 valence electrons. The normalized spacial score (nSPS) is 11.9. The van der Waals surface area contributed by atoms with Gasteiger partial charge in [-0.3, -0.25) is 0 Å². The van der Waals surface area contributed by atoms with E-state index < -0.39 is 0 Å². The summed E-state index contributed by atoms with van der Waals surface area (Å²) in [7, 11) is 0. The van der Waals surface area contributed by atoms with Gasteiger partial charge in [-0.05, 0) is 42.5 Å². The summed E-state index contributed by atoms with van der Waals surface area (Å²) >= 11 is 5.33. The van der Waals surface area contributed by atoms with Crippen molar-refractivity contribution in [1.82, 2.24) is 24.9 Å². The number of nitrogens with zero attached hydrogens (tertiary/aromatic N) is 5. The van der Waals surface area contributed by atoms with Gasteiger partial charge in [-0.15, -0.1) is 34.0 Å². The van der Waals surface area contributed by atoms with Crippen LogP contribution < -0.4 is 0 Å². The Hall–Kier alpha value is -6.71. The van der Waals surface area contributed by atoms with Gasteiger partial charge in [-0.1, -0.05) is 121 Å². The molecule has 0 radical (unpaired) electrons. The van der Waals surface area contributed by atoms with Crippen molar-refractivity contribution in [2.24, 2.45) is 0 Å². The first-order chi connectivity index (χ1) is 28.2. The Balaban J connectivity index is 1.03. The van der Waals surface area contributed by atoms with Gasteiger partial charge in [-0.25, -0.2) is 24.9 Å². The van der Waals surface area contributed by atoms with Crippen molar-refractivity contribution in [3.63, 3.8) is 0 Å². The number of thiophene rings is 3. The van der Waals surface area contributed by atoms with E-state index in [1.807, 2.05) is 35.6 Å². The molecule has 7 aromatic carbocycles. The van der Waals surface area contributed by atoms with Gasteiger partial charge in [0.15, 0.2) is 23.3 Å². The minimum atomic E-state index is 0.638. The van der Waals surface area contributed by atoms with Crippen LogP contribution in [0.15, 0.2) is 164 Å². The van der Waals surface area contributed by atoms with Crippen molar-refractivity contribution in [1.29, 1.82) is 0 Å². The highest BCUT2D eigenvalue weighted by molar-refractivity contribution is 7.26. The van der Waals surface area contributed by atoms with Crippen LogP contribution in [0.1, 0.15) is 0 Å². The van der Waals surface area contributed by atoms with Crippen LogP contribution in [0.2, 0.25) is 0 Å². The SMILES string of the molecule is c1ccc(-c2nc(-c3ccc4c(c3)sc3cccc(-c5nc(-c6ccccc6)c6sc7ccccc7c6n5)c34)nc(-c3ccc4sc5ccccc5c4c3)n2)cc1. The summed E-state index contributed by atoms with van der Waals surface area (Å²) < 4.78 is 7.16. The first-order valence-corrected chi connectivity index (χ1v) is 21.1. The molecule has 57 heavy (non-hydrogen) atoms. The molecule has 12 rings (SSSR count). The third-order valence-electron chi connectivity index (χ3n) is 10.6. The second kappa shape index (κ2) is 12.9. The van der Waals surface area contributed by atoms with Gasteiger partial charge >= 0.3 is 0 Å². The Bertz CT molecular complexity index is 3530. The van der Waals surface area contributed by atoms with E-state index in [4.69, 9.17) is 24.9 Å². The van der Waals surface area contributed by atoms with Crippen LogP contribution in [0.25, 0.3) is 117 Å². The molecule has 5 aromatic heterocycles. The van der Waals surface area contributed by atoms with Crippen LogP contribution in [0.3, 0.4) is 0 Å². The van der Waals surface area contributed by atoms with Gasteiger partial charge in [0.05, 0.1) is 15.9 Å². The molecular formula is C49H27N5S3. The van der Waals surface area contributed by atoms with Gasteiger partial charge in [-0.2, -0.15) is 0 Å². The van der Waals surface area contributed by atoms with Gasteiger partial charge in [0, 0.05) is 78.2 Å². The summed E-state index contributed by atoms with van der Waals surface area (Å²) in [6, 6.07) is 57.3. The first-order valence-electron chi connectivity index (χ1n) is 18.7. The van der Waals surface area contributed by atoms with Gasteiger partial charge in [0.2, 0.25) is 0 Å². The molecule has 8 heteroatoms. The Morgan fingerprint density at radius 2 is 0.912 bits per heavy atom. The molecule has 0 aliphatic rings. The summed E-state index contributed by atoms with van der Waals surface area (Å²) in [5, 5.41) is 5.92. The van der Waals surface area contributed by atoms with E-state index >= 15 is 0 Å². The standard InChI is InChI=1S/C49H27N5S3/c1-3-12-28(13-4-1)43-45-44(34-17-8-10-20-38(34)57-45)51-49(50-43)35-18-11-21-40-42(35)33-24-22-31(27-41(33)56-40)48-53-46(29-14-5-2-6-15-29)52-47(54-48)30-23-25-39-36(26-30)32-16-7-9-19-37(32)55-39/h1-27H. The van der Waals surface area contributed by atoms with Crippen molar-refractivity contribution in [3.05, 3.63) is 164 Å². The van der Waals surface area contributed by atoms with Crippen LogP contribution >= 0.6 is 34.0 Å². The Labute approximate surface area is 338 Å². The lowest BCUT2D eigenvalue weighted by Crippen LogP contribution is -2.00. The topological polar surface area (TPSA) is 64.5 Å². The second-order valence-corrected chi connectivity index (χ2v) is 17.2. The van der Waals surface area contributed by atoms with Crippen LogP contribution in [0, 0.1) is 0 Å². The van der Waals surface area contributed by atoms with E-state index in [0.717, 1.165) is 70.4 Å². The summed E-state index contributed by atoms with van der Waals surface area (Å²) in [5.74, 6) is 2.66. The van der Waals surface area contributed by atoms with Crippen LogP contribution in [-0.4, -0.2) is 24.9 Å². The summed E-state index contributed by atoms with van der Waals surface area (Å²) in [4.78, 5) is 25.9. The Morgan fingerprint density at radius 1 is 0.316 bits per heavy atom. The highest BCUT2D eigenvalue weighted by Crippen LogP contribution is 2.44. The van der Waals surface area contributed by atoms with Crippen LogP contribution in [-0.2, 0) is 0 Å². The summed E-state index contributed by atoms with van der Waals surface area (Å²) in [5.41, 5.74) is 6.90. The van der Waals surface area contributed by atoms with Crippen LogP contribution in [0.4, 0.5) is 0 Å². The zero-order chi connectivity index (χ0) is 37.5. The molecule has 0 N–H and O–H groups in total. The molecule has 0 aliphatic carbocycles. The molecule has 0 aliphatic heterocycles. The maximum atomic E-state index is 5.33. The van der Waals surface area contributed by atoms with E-state index in [0.29, 0.717) is 17.5 Å². The third-order valence-corrected chi connectivity index (χ3v) is 14.0. The molecule has 12 aromatic rings. The predicted molar refractivity (Wildman–Crippen MR) is 241 cm³/mol. The molecule has 0 unspecified atom stereocenters. The van der Waals surface area contributed by atoms with E-state index in [9.17, 15) is 0 Å². The Kier molecular flexibility index (Phi) is 7.38. The smallest absolute Gasteiger partial charge is 0.164 e. The van der Waals surface area contributed by atoms with Crippen molar-refractivity contribution in [3.8, 4) is 56.8 Å². The average molecular weight is 782 g/mol. The van der Waals surface area contributed by atoms with E-state index in [1.165, 1.54) is 29.6 Å². The van der Waals surface area contributed by atoms with E-state index in [1.54, 1.807) is 22.7 Å². The summed E-state index contributed by atoms with van der Waals surface area (Å²) in [6.45, 7) is 0. The zero-order valence-corrected chi connectivity index (χ0v) is 32.5. The molecule has 0 saturated heterocycles. The minimum Gasteiger partial charge on any atom is -0.226 e. The van der Waals surface area contributed by atoms with Crippen molar-refractivity contribution < 1.29 is 0 Å². The monoisotopic (exact) mass is 781 g/mol. The summed E-state index contributed by atoms with van der Waals surface area (Å²) in [6.07, 6.45) is 0. The number of hydrogen-bond donors (Lipinski definition) is 0. The molecular weight excluding hydrogens is 755 g/mol. The first kappa shape index (κ1) is 32.5. The Morgan fingerprint density at radius 3 is 1.70 bits per heavy atom. The third kappa shape index (κ3) is 5.37. The number of aromatic nitrogens is 5. The molecule has 0 saturated carbocycles. The molecule has 5 nitrogen and oxygen atoms in total. The van der Waals surface area contributed by atoms with Crippen molar-refractivity contribution in [2.45, 2.75) is 0 Å². The molecule has 0 spiro atoms.